The van der Waals surface area contributed by atoms with Crippen LogP contribution in [0, 0.1) is 111 Å². The zero-order valence-corrected chi connectivity index (χ0v) is 37.1. The molecule has 0 saturated heterocycles. The molecular formula is C52H66O4. The molecular weight excluding hydrogens is 689 g/mol. The van der Waals surface area contributed by atoms with Gasteiger partial charge >= 0.3 is 0 Å². The Bertz CT molecular complexity index is 1930. The molecule has 298 valence electrons. The van der Waals surface area contributed by atoms with E-state index in [2.05, 4.69) is 79.7 Å². The minimum atomic E-state index is 0.155. The largest absolute Gasteiger partial charge is 0.507 e. The molecule has 0 amide bonds. The van der Waals surface area contributed by atoms with Gasteiger partial charge in [-0.1, -0.05) is 24.3 Å². The Morgan fingerprint density at radius 1 is 0.268 bits per heavy atom. The molecule has 0 saturated carbocycles. The van der Waals surface area contributed by atoms with Crippen LogP contribution >= 0.6 is 0 Å². The molecule has 0 unspecified atom stereocenters. The Kier molecular flexibility index (Phi) is 12.2. The summed E-state index contributed by atoms with van der Waals surface area (Å²) in [5, 5.41) is 43.8. The fourth-order valence-corrected chi connectivity index (χ4v) is 9.35. The summed E-state index contributed by atoms with van der Waals surface area (Å²) in [5.41, 5.74) is 24.4. The van der Waals surface area contributed by atoms with Crippen molar-refractivity contribution >= 4 is 0 Å². The molecule has 0 aliphatic heterocycles. The van der Waals surface area contributed by atoms with E-state index in [9.17, 15) is 20.4 Å². The van der Waals surface area contributed by atoms with Gasteiger partial charge in [-0.15, -0.1) is 0 Å². The third-order valence-electron chi connectivity index (χ3n) is 14.6. The summed E-state index contributed by atoms with van der Waals surface area (Å²) in [6.07, 6.45) is 3.31. The van der Waals surface area contributed by atoms with Crippen LogP contribution in [0.2, 0.25) is 0 Å². The van der Waals surface area contributed by atoms with Crippen molar-refractivity contribution in [1.82, 2.24) is 0 Å². The van der Waals surface area contributed by atoms with Crippen molar-refractivity contribution < 1.29 is 20.4 Å². The first-order valence-corrected chi connectivity index (χ1v) is 20.3. The second-order valence-corrected chi connectivity index (χ2v) is 17.2. The highest BCUT2D eigenvalue weighted by atomic mass is 16.3. The molecule has 0 aliphatic carbocycles. The standard InChI is InChI=1S/C52H66O4/c1-25-33(9)49(53)34(10)26(2)45(25)21-43(22-46-27(3)35(11)50(54)36(12)28(46)4)41-17-19-42(20-18-41)44(23-47-29(5)37(13)51(55)38(14)30(47)6)24-48-31(7)39(15)52(56)40(16)32(48)8/h17-20,43-44,53-56H,21-24H2,1-16H3. The van der Waals surface area contributed by atoms with Crippen LogP contribution in [0.15, 0.2) is 24.3 Å². The van der Waals surface area contributed by atoms with Gasteiger partial charge in [-0.25, -0.2) is 0 Å². The van der Waals surface area contributed by atoms with Crippen molar-refractivity contribution in [3.05, 3.63) is 147 Å². The predicted molar refractivity (Wildman–Crippen MR) is 235 cm³/mol. The average molecular weight is 755 g/mol. The maximum Gasteiger partial charge on any atom is 0.121 e. The van der Waals surface area contributed by atoms with Gasteiger partial charge in [-0.3, -0.25) is 0 Å². The van der Waals surface area contributed by atoms with E-state index in [1.165, 1.54) is 33.4 Å². The SMILES string of the molecule is Cc1c(C)c(CC(Cc2c(C)c(C)c(O)c(C)c2C)c2ccc(C(Cc3c(C)c(C)c(O)c(C)c3C)Cc3c(C)c(C)c(O)c(C)c3C)cc2)c(C)c(C)c1O. The van der Waals surface area contributed by atoms with Gasteiger partial charge in [0.2, 0.25) is 0 Å². The number of rotatable bonds is 10. The molecule has 0 fully saturated rings. The van der Waals surface area contributed by atoms with Crippen molar-refractivity contribution in [3.63, 3.8) is 0 Å². The number of benzene rings is 5. The maximum atomic E-state index is 10.9. The fraction of sp³-hybridized carbons (Fsp3) is 0.423. The summed E-state index contributed by atoms with van der Waals surface area (Å²) in [5.74, 6) is 1.87. The number of phenols is 4. The molecule has 0 radical (unpaired) electrons. The van der Waals surface area contributed by atoms with Crippen LogP contribution in [0.25, 0.3) is 0 Å². The molecule has 56 heavy (non-hydrogen) atoms. The topological polar surface area (TPSA) is 80.9 Å². The highest BCUT2D eigenvalue weighted by molar-refractivity contribution is 5.58. The van der Waals surface area contributed by atoms with Gasteiger partial charge in [0, 0.05) is 0 Å². The van der Waals surface area contributed by atoms with E-state index in [4.69, 9.17) is 0 Å². The van der Waals surface area contributed by atoms with Gasteiger partial charge in [0.25, 0.3) is 0 Å². The Morgan fingerprint density at radius 3 is 0.554 bits per heavy atom. The number of hydrogen-bond acceptors (Lipinski definition) is 4. The normalized spacial score (nSPS) is 11.8. The van der Waals surface area contributed by atoms with E-state index in [1.54, 1.807) is 0 Å². The molecule has 0 bridgehead atoms. The smallest absolute Gasteiger partial charge is 0.121 e. The van der Waals surface area contributed by atoms with Crippen LogP contribution < -0.4 is 0 Å². The Hall–Kier alpha value is -4.70. The molecule has 0 spiro atoms. The van der Waals surface area contributed by atoms with Crippen LogP contribution in [0.5, 0.6) is 23.0 Å². The van der Waals surface area contributed by atoms with Crippen molar-refractivity contribution in [3.8, 4) is 23.0 Å². The maximum absolute atomic E-state index is 10.9. The molecule has 5 rings (SSSR count). The number of phenolic OH excluding ortho intramolecular Hbond substituents is 4. The lowest BCUT2D eigenvalue weighted by Gasteiger charge is -2.27. The zero-order valence-electron chi connectivity index (χ0n) is 37.1. The van der Waals surface area contributed by atoms with Crippen molar-refractivity contribution in [1.29, 1.82) is 0 Å². The van der Waals surface area contributed by atoms with E-state index in [1.807, 2.05) is 55.4 Å². The van der Waals surface area contributed by atoms with Gasteiger partial charge < -0.3 is 20.4 Å². The molecule has 0 heterocycles. The van der Waals surface area contributed by atoms with Gasteiger partial charge in [-0.05, 0) is 271 Å². The summed E-state index contributed by atoms with van der Waals surface area (Å²) in [7, 11) is 0. The molecule has 0 aliphatic rings. The number of hydrogen-bond donors (Lipinski definition) is 4. The summed E-state index contributed by atoms with van der Waals surface area (Å²) < 4.78 is 0. The van der Waals surface area contributed by atoms with Crippen LogP contribution in [0.1, 0.15) is 134 Å². The molecule has 4 N–H and O–H groups in total. The van der Waals surface area contributed by atoms with Crippen LogP contribution in [0.3, 0.4) is 0 Å². The quantitative estimate of drug-likeness (QED) is 0.114. The molecule has 0 aromatic heterocycles. The summed E-state index contributed by atoms with van der Waals surface area (Å²) in [6, 6.07) is 9.34. The summed E-state index contributed by atoms with van der Waals surface area (Å²) in [6.45, 7) is 33.3. The fourth-order valence-electron chi connectivity index (χ4n) is 9.35. The van der Waals surface area contributed by atoms with E-state index in [0.717, 1.165) is 115 Å². The van der Waals surface area contributed by atoms with E-state index < -0.39 is 0 Å². The number of aromatic hydroxyl groups is 4. The molecule has 5 aromatic rings. The van der Waals surface area contributed by atoms with Gasteiger partial charge in [0.1, 0.15) is 23.0 Å². The third-order valence-corrected chi connectivity index (χ3v) is 14.6. The zero-order chi connectivity index (χ0) is 41.8. The van der Waals surface area contributed by atoms with Gasteiger partial charge in [-0.2, -0.15) is 0 Å². The Morgan fingerprint density at radius 2 is 0.411 bits per heavy atom. The minimum absolute atomic E-state index is 0.155. The second-order valence-electron chi connectivity index (χ2n) is 17.2. The molecule has 4 nitrogen and oxygen atoms in total. The summed E-state index contributed by atoms with van der Waals surface area (Å²) in [4.78, 5) is 0. The molecule has 0 atom stereocenters. The van der Waals surface area contributed by atoms with Gasteiger partial charge in [0.15, 0.2) is 0 Å². The molecule has 4 heteroatoms. The Balaban J connectivity index is 1.68. The van der Waals surface area contributed by atoms with Crippen molar-refractivity contribution in [2.45, 2.75) is 148 Å². The average Bonchev–Trinajstić information content (AvgIpc) is 3.19. The van der Waals surface area contributed by atoms with Crippen molar-refractivity contribution in [2.75, 3.05) is 0 Å². The lowest BCUT2D eigenvalue weighted by atomic mass is 9.77. The Labute approximate surface area is 337 Å². The monoisotopic (exact) mass is 754 g/mol. The van der Waals surface area contributed by atoms with E-state index >= 15 is 0 Å². The lowest BCUT2D eigenvalue weighted by molar-refractivity contribution is 0.464. The molecule has 5 aromatic carbocycles. The van der Waals surface area contributed by atoms with Gasteiger partial charge in [0.05, 0.1) is 0 Å². The first-order chi connectivity index (χ1) is 26.1. The van der Waals surface area contributed by atoms with E-state index in [0.29, 0.717) is 23.0 Å². The highest BCUT2D eigenvalue weighted by Gasteiger charge is 2.26. The lowest BCUT2D eigenvalue weighted by Crippen LogP contribution is -2.15. The van der Waals surface area contributed by atoms with Crippen LogP contribution in [-0.4, -0.2) is 20.4 Å². The minimum Gasteiger partial charge on any atom is -0.507 e. The van der Waals surface area contributed by atoms with E-state index in [-0.39, 0.29) is 11.8 Å². The predicted octanol–water partition coefficient (Wildman–Crippen LogP) is 12.6. The second kappa shape index (κ2) is 16.0. The first-order valence-electron chi connectivity index (χ1n) is 20.3. The third kappa shape index (κ3) is 7.33. The first kappa shape index (κ1) is 42.4. The van der Waals surface area contributed by atoms with Crippen molar-refractivity contribution in [2.24, 2.45) is 0 Å². The summed E-state index contributed by atoms with van der Waals surface area (Å²) >= 11 is 0. The highest BCUT2D eigenvalue weighted by Crippen LogP contribution is 2.41. The van der Waals surface area contributed by atoms with Crippen LogP contribution in [-0.2, 0) is 25.7 Å². The van der Waals surface area contributed by atoms with Crippen LogP contribution in [0.4, 0.5) is 0 Å².